The highest BCUT2D eigenvalue weighted by molar-refractivity contribution is 5.94. The number of methoxy groups -OCH3 is 1. The van der Waals surface area contributed by atoms with Gasteiger partial charge in [-0.25, -0.2) is 4.39 Å². The Morgan fingerprint density at radius 2 is 1.97 bits per heavy atom. The number of nitro groups is 1. The molecule has 3 atom stereocenters. The third-order valence-electron chi connectivity index (χ3n) is 6.94. The van der Waals surface area contributed by atoms with Gasteiger partial charge < -0.3 is 19.0 Å². The van der Waals surface area contributed by atoms with Gasteiger partial charge in [0.05, 0.1) is 17.5 Å². The van der Waals surface area contributed by atoms with Crippen molar-refractivity contribution in [2.24, 2.45) is 7.05 Å². The lowest BCUT2D eigenvalue weighted by Gasteiger charge is -2.47. The molecule has 1 saturated heterocycles. The van der Waals surface area contributed by atoms with Crippen molar-refractivity contribution in [1.82, 2.24) is 14.5 Å². The van der Waals surface area contributed by atoms with Crippen molar-refractivity contribution in [3.05, 3.63) is 73.6 Å². The van der Waals surface area contributed by atoms with Gasteiger partial charge in [0.1, 0.15) is 11.6 Å². The summed E-state index contributed by atoms with van der Waals surface area (Å²) in [5, 5.41) is 12.1. The van der Waals surface area contributed by atoms with Crippen LogP contribution >= 0.6 is 0 Å². The number of aryl methyl sites for hydroxylation is 1. The molecule has 2 aromatic heterocycles. The van der Waals surface area contributed by atoms with Crippen LogP contribution in [0.5, 0.6) is 5.75 Å². The van der Waals surface area contributed by atoms with E-state index in [0.717, 1.165) is 5.56 Å². The van der Waals surface area contributed by atoms with E-state index in [-0.39, 0.29) is 41.0 Å². The van der Waals surface area contributed by atoms with Crippen LogP contribution in [0.1, 0.15) is 32.4 Å². The van der Waals surface area contributed by atoms with Crippen LogP contribution in [-0.4, -0.2) is 51.7 Å². The van der Waals surface area contributed by atoms with Gasteiger partial charge in [-0.1, -0.05) is 12.6 Å². The lowest BCUT2D eigenvalue weighted by molar-refractivity contribution is -0.385. The van der Waals surface area contributed by atoms with Crippen molar-refractivity contribution >= 4 is 28.2 Å². The lowest BCUT2D eigenvalue weighted by Crippen LogP contribution is -2.57. The fourth-order valence-electron chi connectivity index (χ4n) is 5.08. The molecule has 36 heavy (non-hydrogen) atoms. The van der Waals surface area contributed by atoms with E-state index in [9.17, 15) is 19.3 Å². The minimum absolute atomic E-state index is 0.0892. The Morgan fingerprint density at radius 1 is 1.25 bits per heavy atom. The van der Waals surface area contributed by atoms with Gasteiger partial charge in [0.2, 0.25) is 5.52 Å². The molecule has 0 radical (unpaired) electrons. The van der Waals surface area contributed by atoms with Gasteiger partial charge in [0.15, 0.2) is 5.69 Å². The zero-order valence-electron chi connectivity index (χ0n) is 20.7. The molecule has 188 valence electrons. The molecular weight excluding hydrogens is 467 g/mol. The van der Waals surface area contributed by atoms with Gasteiger partial charge in [-0.2, -0.15) is 0 Å². The Kier molecular flexibility index (Phi) is 6.65. The number of benzene rings is 1. The van der Waals surface area contributed by atoms with Crippen LogP contribution in [0.4, 0.5) is 21.6 Å². The Balaban J connectivity index is 1.80. The van der Waals surface area contributed by atoms with E-state index in [4.69, 9.17) is 11.3 Å². The third kappa shape index (κ3) is 4.13. The minimum atomic E-state index is -0.730. The number of piperazine rings is 1. The average molecular weight is 495 g/mol. The molecule has 0 aliphatic carbocycles. The summed E-state index contributed by atoms with van der Waals surface area (Å²) in [6.45, 7) is 14.2. The number of fused-ring (bicyclic) bond motifs is 1. The molecule has 1 aromatic carbocycles. The monoisotopic (exact) mass is 494 g/mol. The highest BCUT2D eigenvalue weighted by atomic mass is 19.1. The Labute approximate surface area is 207 Å². The van der Waals surface area contributed by atoms with E-state index in [2.05, 4.69) is 14.7 Å². The number of hydrogen-bond acceptors (Lipinski definition) is 7. The van der Waals surface area contributed by atoms with Crippen LogP contribution in [0.3, 0.4) is 0 Å². The number of ether oxygens (including phenoxy) is 1. The second kappa shape index (κ2) is 9.54. The first-order valence-electron chi connectivity index (χ1n) is 11.5. The first-order valence-corrected chi connectivity index (χ1v) is 11.5. The largest absolute Gasteiger partial charge is 0.496 e. The average Bonchev–Trinajstić information content (AvgIpc) is 2.86. The molecule has 1 fully saturated rings. The number of aromatic nitrogens is 2. The van der Waals surface area contributed by atoms with Crippen LogP contribution in [0.2, 0.25) is 0 Å². The van der Waals surface area contributed by atoms with Gasteiger partial charge in [-0.15, -0.1) is 4.98 Å². The topological polar surface area (TPSA) is 98.1 Å². The summed E-state index contributed by atoms with van der Waals surface area (Å²) in [5.41, 5.74) is 0.346. The van der Waals surface area contributed by atoms with E-state index < -0.39 is 16.2 Å². The molecule has 0 bridgehead atoms. The Bertz CT molecular complexity index is 1450. The van der Waals surface area contributed by atoms with Crippen LogP contribution in [0, 0.1) is 22.5 Å². The maximum absolute atomic E-state index is 13.8. The van der Waals surface area contributed by atoms with Gasteiger partial charge in [-0.05, 0) is 39.0 Å². The van der Waals surface area contributed by atoms with Gasteiger partial charge in [0, 0.05) is 49.9 Å². The smallest absolute Gasteiger partial charge is 0.361 e. The minimum Gasteiger partial charge on any atom is -0.496 e. The zero-order valence-corrected chi connectivity index (χ0v) is 20.7. The van der Waals surface area contributed by atoms with E-state index in [0.29, 0.717) is 24.4 Å². The van der Waals surface area contributed by atoms with Crippen molar-refractivity contribution in [2.45, 2.75) is 38.9 Å². The van der Waals surface area contributed by atoms with Crippen molar-refractivity contribution in [1.29, 1.82) is 0 Å². The first kappa shape index (κ1) is 25.1. The molecule has 0 spiro atoms. The highest BCUT2D eigenvalue weighted by Crippen LogP contribution is 2.39. The predicted octanol–water partition coefficient (Wildman–Crippen LogP) is 4.20. The second-order valence-corrected chi connectivity index (χ2v) is 9.08. The van der Waals surface area contributed by atoms with Gasteiger partial charge in [0.25, 0.3) is 5.82 Å². The summed E-state index contributed by atoms with van der Waals surface area (Å²) in [7, 11) is 2.96. The molecule has 1 unspecified atom stereocenters. The molecule has 10 nitrogen and oxygen atoms in total. The fourth-order valence-corrected chi connectivity index (χ4v) is 5.08. The predicted molar refractivity (Wildman–Crippen MR) is 134 cm³/mol. The molecule has 4 rings (SSSR count). The molecule has 1 aliphatic rings. The van der Waals surface area contributed by atoms with E-state index in [1.54, 1.807) is 12.1 Å². The normalized spacial score (nSPS) is 19.2. The van der Waals surface area contributed by atoms with E-state index in [1.807, 2.05) is 25.7 Å². The van der Waals surface area contributed by atoms with Crippen LogP contribution in [0.25, 0.3) is 15.9 Å². The van der Waals surface area contributed by atoms with E-state index in [1.165, 1.54) is 36.9 Å². The lowest BCUT2D eigenvalue weighted by atomic mass is 9.99. The standard InChI is InChI=1S/C25H27FN6O4/c1-14-13-31(15(2)12-30(14)16(3)18-8-7-17(26)11-20(18)36-6)23-22-19(9-10-21(27-4)28-22)29(5)25(33)24(23)32(34)35/h7-11,14-16H,12-13H2,1-3,5-6H3/t14-,15+,16?/m1/s1. The van der Waals surface area contributed by atoms with Crippen molar-refractivity contribution in [2.75, 3.05) is 25.1 Å². The summed E-state index contributed by atoms with van der Waals surface area (Å²) in [5.74, 6) is 0.159. The summed E-state index contributed by atoms with van der Waals surface area (Å²) < 4.78 is 20.4. The summed E-state index contributed by atoms with van der Waals surface area (Å²) in [6, 6.07) is 7.10. The molecule has 11 heteroatoms. The SMILES string of the molecule is [C-]#[N+]c1ccc2c(n1)c(N1C[C@@H](C)N(C(C)c3ccc(F)cc3OC)C[C@@H]1C)c([N+](=O)[O-])c(=O)n2C. The number of halogens is 1. The summed E-state index contributed by atoms with van der Waals surface area (Å²) >= 11 is 0. The maximum Gasteiger partial charge on any atom is 0.361 e. The molecule has 3 heterocycles. The van der Waals surface area contributed by atoms with Crippen LogP contribution in [0.15, 0.2) is 35.1 Å². The molecule has 0 N–H and O–H groups in total. The summed E-state index contributed by atoms with van der Waals surface area (Å²) in [6.07, 6.45) is 0. The van der Waals surface area contributed by atoms with Gasteiger partial charge in [-0.3, -0.25) is 19.8 Å². The van der Waals surface area contributed by atoms with Crippen molar-refractivity contribution < 1.29 is 14.1 Å². The third-order valence-corrected chi connectivity index (χ3v) is 6.94. The van der Waals surface area contributed by atoms with Crippen LogP contribution < -0.4 is 15.2 Å². The van der Waals surface area contributed by atoms with Crippen molar-refractivity contribution in [3.63, 3.8) is 0 Å². The first-order chi connectivity index (χ1) is 17.1. The Morgan fingerprint density at radius 3 is 2.61 bits per heavy atom. The maximum atomic E-state index is 13.8. The second-order valence-electron chi connectivity index (χ2n) is 9.08. The number of rotatable bonds is 5. The number of hydrogen-bond donors (Lipinski definition) is 0. The Hall–Kier alpha value is -4.04. The van der Waals surface area contributed by atoms with Crippen molar-refractivity contribution in [3.8, 4) is 5.75 Å². The van der Waals surface area contributed by atoms with Crippen LogP contribution in [-0.2, 0) is 7.05 Å². The summed E-state index contributed by atoms with van der Waals surface area (Å²) in [4.78, 5) is 36.3. The number of anilines is 1. The molecular formula is C25H27FN6O4. The molecule has 0 saturated carbocycles. The number of pyridine rings is 2. The highest BCUT2D eigenvalue weighted by Gasteiger charge is 2.39. The fraction of sp³-hybridized carbons (Fsp3) is 0.400. The van der Waals surface area contributed by atoms with E-state index >= 15 is 0 Å². The molecule has 0 amide bonds. The zero-order chi connectivity index (χ0) is 26.3. The number of nitrogens with zero attached hydrogens (tertiary/aromatic N) is 6. The van der Waals surface area contributed by atoms with Gasteiger partial charge >= 0.3 is 11.2 Å². The molecule has 3 aromatic rings. The quantitative estimate of drug-likeness (QED) is 0.298. The molecule has 1 aliphatic heterocycles.